The molecular weight excluding hydrogens is 266 g/mol. The van der Waals surface area contributed by atoms with Gasteiger partial charge in [0.25, 0.3) is 0 Å². The number of amides is 2. The second-order valence-corrected chi connectivity index (χ2v) is 5.07. The van der Waals surface area contributed by atoms with Crippen LogP contribution >= 0.6 is 0 Å². The lowest BCUT2D eigenvalue weighted by atomic mass is 10.2. The molecule has 2 amide bonds. The van der Waals surface area contributed by atoms with Crippen LogP contribution in [0.25, 0.3) is 0 Å². The topological polar surface area (TPSA) is 58.2 Å². The number of nitrogens with one attached hydrogen (secondary N) is 2. The Morgan fingerprint density at radius 3 is 2.40 bits per heavy atom. The summed E-state index contributed by atoms with van der Waals surface area (Å²) in [6, 6.07) is 2.80. The number of anilines is 1. The van der Waals surface area contributed by atoms with Crippen molar-refractivity contribution in [2.75, 3.05) is 11.9 Å². The molecule has 0 saturated heterocycles. The van der Waals surface area contributed by atoms with Crippen molar-refractivity contribution in [3.63, 3.8) is 0 Å². The lowest BCUT2D eigenvalue weighted by molar-refractivity contribution is -0.122. The molecule has 2 unspecified atom stereocenters. The third kappa shape index (κ3) is 4.01. The molecule has 0 heterocycles. The maximum atomic E-state index is 12.9. The molecular formula is C14H16F2N2O2. The Balaban J connectivity index is 1.73. The Kier molecular flexibility index (Phi) is 4.32. The summed E-state index contributed by atoms with van der Waals surface area (Å²) in [5.74, 6) is -1.47. The van der Waals surface area contributed by atoms with Gasteiger partial charge in [-0.2, -0.15) is 0 Å². The highest BCUT2D eigenvalue weighted by atomic mass is 19.1. The summed E-state index contributed by atoms with van der Waals surface area (Å²) in [5, 5.41) is 5.05. The highest BCUT2D eigenvalue weighted by Crippen LogP contribution is 2.37. The first-order chi connectivity index (χ1) is 9.45. The number of halogens is 2. The Hall–Kier alpha value is -1.98. The predicted octanol–water partition coefficient (Wildman–Crippen LogP) is 2.07. The fourth-order valence-electron chi connectivity index (χ4n) is 1.97. The lowest BCUT2D eigenvalue weighted by Gasteiger charge is -2.07. The van der Waals surface area contributed by atoms with E-state index in [2.05, 4.69) is 10.6 Å². The van der Waals surface area contributed by atoms with Gasteiger partial charge in [0.2, 0.25) is 11.8 Å². The van der Waals surface area contributed by atoms with Crippen molar-refractivity contribution in [3.8, 4) is 0 Å². The van der Waals surface area contributed by atoms with E-state index in [9.17, 15) is 18.4 Å². The van der Waals surface area contributed by atoms with Gasteiger partial charge in [0, 0.05) is 30.6 Å². The van der Waals surface area contributed by atoms with Crippen LogP contribution in [0.15, 0.2) is 18.2 Å². The van der Waals surface area contributed by atoms with Crippen LogP contribution < -0.4 is 10.6 Å². The van der Waals surface area contributed by atoms with Crippen molar-refractivity contribution in [2.45, 2.75) is 19.8 Å². The van der Waals surface area contributed by atoms with Gasteiger partial charge in [-0.25, -0.2) is 8.78 Å². The molecule has 1 aromatic carbocycles. The summed E-state index contributed by atoms with van der Waals surface area (Å²) in [6.07, 6.45) is 0.950. The Labute approximate surface area is 115 Å². The van der Waals surface area contributed by atoms with Crippen LogP contribution in [-0.2, 0) is 9.59 Å². The smallest absolute Gasteiger partial charge is 0.226 e. The molecule has 0 spiro atoms. The van der Waals surface area contributed by atoms with Crippen LogP contribution in [0.1, 0.15) is 19.8 Å². The molecule has 2 atom stereocenters. The van der Waals surface area contributed by atoms with E-state index < -0.39 is 17.5 Å². The minimum absolute atomic E-state index is 0.0397. The summed E-state index contributed by atoms with van der Waals surface area (Å²) in [7, 11) is 0. The van der Waals surface area contributed by atoms with E-state index in [1.165, 1.54) is 0 Å². The summed E-state index contributed by atoms with van der Waals surface area (Å²) >= 11 is 0. The molecule has 6 heteroatoms. The molecule has 1 aliphatic carbocycles. The summed E-state index contributed by atoms with van der Waals surface area (Å²) < 4.78 is 25.8. The molecule has 0 bridgehead atoms. The third-order valence-electron chi connectivity index (χ3n) is 3.24. The summed E-state index contributed by atoms with van der Waals surface area (Å²) in [5.41, 5.74) is 0.0645. The van der Waals surface area contributed by atoms with Gasteiger partial charge in [0.15, 0.2) is 0 Å². The van der Waals surface area contributed by atoms with Crippen LogP contribution in [-0.4, -0.2) is 18.4 Å². The number of carbonyl (C=O) groups is 2. The molecule has 2 N–H and O–H groups in total. The van der Waals surface area contributed by atoms with Gasteiger partial charge in [0.1, 0.15) is 11.6 Å². The zero-order valence-corrected chi connectivity index (χ0v) is 11.1. The van der Waals surface area contributed by atoms with Crippen LogP contribution in [0, 0.1) is 23.5 Å². The number of rotatable bonds is 5. The van der Waals surface area contributed by atoms with Crippen molar-refractivity contribution in [2.24, 2.45) is 11.8 Å². The largest absolute Gasteiger partial charge is 0.355 e. The van der Waals surface area contributed by atoms with Gasteiger partial charge in [0.05, 0.1) is 0 Å². The van der Waals surface area contributed by atoms with Crippen molar-refractivity contribution in [1.82, 2.24) is 5.32 Å². The first-order valence-electron chi connectivity index (χ1n) is 6.49. The first kappa shape index (κ1) is 14.4. The lowest BCUT2D eigenvalue weighted by Crippen LogP contribution is -2.29. The SMILES string of the molecule is CC1CC1C(=O)NCCC(=O)Nc1cc(F)cc(F)c1. The van der Waals surface area contributed by atoms with Crippen LogP contribution in [0.5, 0.6) is 0 Å². The second kappa shape index (κ2) is 5.98. The zero-order valence-electron chi connectivity index (χ0n) is 11.1. The van der Waals surface area contributed by atoms with Gasteiger partial charge in [-0.05, 0) is 24.5 Å². The van der Waals surface area contributed by atoms with E-state index in [0.29, 0.717) is 5.92 Å². The predicted molar refractivity (Wildman–Crippen MR) is 69.9 cm³/mol. The molecule has 108 valence electrons. The average Bonchev–Trinajstić information content (AvgIpc) is 3.04. The molecule has 1 saturated carbocycles. The minimum Gasteiger partial charge on any atom is -0.355 e. The van der Waals surface area contributed by atoms with E-state index in [1.54, 1.807) is 0 Å². The van der Waals surface area contributed by atoms with Crippen LogP contribution in [0.2, 0.25) is 0 Å². The van der Waals surface area contributed by atoms with E-state index in [1.807, 2.05) is 6.92 Å². The molecule has 1 aliphatic rings. The Morgan fingerprint density at radius 2 is 1.85 bits per heavy atom. The fourth-order valence-corrected chi connectivity index (χ4v) is 1.97. The molecule has 0 aliphatic heterocycles. The molecule has 2 rings (SSSR count). The highest BCUT2D eigenvalue weighted by Gasteiger charge is 2.38. The quantitative estimate of drug-likeness (QED) is 0.868. The molecule has 0 radical (unpaired) electrons. The monoisotopic (exact) mass is 282 g/mol. The molecule has 0 aromatic heterocycles. The average molecular weight is 282 g/mol. The number of hydrogen-bond acceptors (Lipinski definition) is 2. The Morgan fingerprint density at radius 1 is 1.25 bits per heavy atom. The second-order valence-electron chi connectivity index (χ2n) is 5.07. The van der Waals surface area contributed by atoms with Crippen molar-refractivity contribution in [3.05, 3.63) is 29.8 Å². The van der Waals surface area contributed by atoms with Crippen molar-refractivity contribution < 1.29 is 18.4 Å². The zero-order chi connectivity index (χ0) is 14.7. The van der Waals surface area contributed by atoms with Gasteiger partial charge < -0.3 is 10.6 Å². The minimum atomic E-state index is -0.753. The fraction of sp³-hybridized carbons (Fsp3) is 0.429. The van der Waals surface area contributed by atoms with Gasteiger partial charge in [-0.3, -0.25) is 9.59 Å². The molecule has 1 aromatic rings. The molecule has 20 heavy (non-hydrogen) atoms. The standard InChI is InChI=1S/C14H16F2N2O2/c1-8-4-12(8)14(20)17-3-2-13(19)18-11-6-9(15)5-10(16)7-11/h5-8,12H,2-4H2,1H3,(H,17,20)(H,18,19). The summed E-state index contributed by atoms with van der Waals surface area (Å²) in [6.45, 7) is 2.21. The first-order valence-corrected chi connectivity index (χ1v) is 6.49. The number of hydrogen-bond donors (Lipinski definition) is 2. The maximum Gasteiger partial charge on any atom is 0.226 e. The highest BCUT2D eigenvalue weighted by molar-refractivity contribution is 5.91. The normalized spacial score (nSPS) is 20.4. The van der Waals surface area contributed by atoms with Crippen LogP contribution in [0.3, 0.4) is 0 Å². The van der Waals surface area contributed by atoms with E-state index in [4.69, 9.17) is 0 Å². The van der Waals surface area contributed by atoms with Crippen molar-refractivity contribution in [1.29, 1.82) is 0 Å². The van der Waals surface area contributed by atoms with E-state index in [-0.39, 0.29) is 30.5 Å². The van der Waals surface area contributed by atoms with Gasteiger partial charge in [-0.15, -0.1) is 0 Å². The molecule has 4 nitrogen and oxygen atoms in total. The maximum absolute atomic E-state index is 12.9. The van der Waals surface area contributed by atoms with Crippen LogP contribution in [0.4, 0.5) is 14.5 Å². The van der Waals surface area contributed by atoms with Gasteiger partial charge in [-0.1, -0.05) is 6.92 Å². The number of carbonyl (C=O) groups excluding carboxylic acids is 2. The van der Waals surface area contributed by atoms with Gasteiger partial charge >= 0.3 is 0 Å². The van der Waals surface area contributed by atoms with E-state index in [0.717, 1.165) is 24.6 Å². The Bertz CT molecular complexity index is 514. The number of benzene rings is 1. The van der Waals surface area contributed by atoms with Crippen molar-refractivity contribution >= 4 is 17.5 Å². The van der Waals surface area contributed by atoms with E-state index >= 15 is 0 Å². The summed E-state index contributed by atoms with van der Waals surface area (Å²) in [4.78, 5) is 23.1. The third-order valence-corrected chi connectivity index (χ3v) is 3.24. The molecule has 1 fully saturated rings.